The van der Waals surface area contributed by atoms with Gasteiger partial charge in [0.1, 0.15) is 5.75 Å². The van der Waals surface area contributed by atoms with E-state index in [1.165, 1.54) is 0 Å². The fourth-order valence-electron chi connectivity index (χ4n) is 2.45. The lowest BCUT2D eigenvalue weighted by atomic mass is 10.1. The molecule has 2 aromatic carbocycles. The highest BCUT2D eigenvalue weighted by Crippen LogP contribution is 2.36. The van der Waals surface area contributed by atoms with E-state index in [2.05, 4.69) is 4.72 Å². The van der Waals surface area contributed by atoms with Gasteiger partial charge in [0.25, 0.3) is 0 Å². The third kappa shape index (κ3) is 3.12. The number of ether oxygens (including phenoxy) is 1. The second-order valence-electron chi connectivity index (χ2n) is 5.22. The lowest BCUT2D eigenvalue weighted by molar-refractivity contribution is 0.0994. The summed E-state index contributed by atoms with van der Waals surface area (Å²) in [6.45, 7) is 0. The molecule has 0 bridgehead atoms. The molecule has 0 unspecified atom stereocenters. The number of rotatable bonds is 4. The number of benzene rings is 2. The summed E-state index contributed by atoms with van der Waals surface area (Å²) in [7, 11) is -3.44. The maximum absolute atomic E-state index is 11.9. The van der Waals surface area contributed by atoms with Gasteiger partial charge in [0.15, 0.2) is 11.5 Å². The van der Waals surface area contributed by atoms with Gasteiger partial charge in [0.2, 0.25) is 10.0 Å². The van der Waals surface area contributed by atoms with Crippen LogP contribution in [-0.4, -0.2) is 20.5 Å². The van der Waals surface area contributed by atoms with Crippen LogP contribution in [0.5, 0.6) is 11.5 Å². The Morgan fingerprint density at radius 2 is 1.82 bits per heavy atom. The van der Waals surface area contributed by atoms with Crippen LogP contribution < -0.4 is 9.46 Å². The van der Waals surface area contributed by atoms with E-state index in [0.29, 0.717) is 35.6 Å². The third-order valence-corrected chi connectivity index (χ3v) is 3.98. The molecule has 0 saturated heterocycles. The fourth-order valence-corrected chi connectivity index (χ4v) is 3.01. The number of Topliss-reactive ketones (excluding diaryl/α,β-unsaturated/α-hetero) is 1. The molecule has 5 nitrogen and oxygen atoms in total. The number of ketones is 1. The molecule has 0 aliphatic heterocycles. The first-order valence-corrected chi connectivity index (χ1v) is 8.72. The number of hydrogen-bond donors (Lipinski definition) is 1. The van der Waals surface area contributed by atoms with Gasteiger partial charge in [-0.2, -0.15) is 0 Å². The van der Waals surface area contributed by atoms with Gasteiger partial charge in [-0.3, -0.25) is 9.52 Å². The topological polar surface area (TPSA) is 72.5 Å². The van der Waals surface area contributed by atoms with E-state index in [1.54, 1.807) is 24.3 Å². The first-order valence-electron chi connectivity index (χ1n) is 6.83. The Balaban J connectivity index is 2.05. The van der Waals surface area contributed by atoms with Crippen LogP contribution in [0.15, 0.2) is 42.5 Å². The Morgan fingerprint density at radius 1 is 1.09 bits per heavy atom. The second-order valence-corrected chi connectivity index (χ2v) is 6.97. The largest absolute Gasteiger partial charge is 0.455 e. The number of carbonyl (C=O) groups is 1. The van der Waals surface area contributed by atoms with Crippen LogP contribution in [0.2, 0.25) is 0 Å². The van der Waals surface area contributed by atoms with E-state index in [0.717, 1.165) is 11.8 Å². The van der Waals surface area contributed by atoms with Crippen LogP contribution in [0, 0.1) is 0 Å². The summed E-state index contributed by atoms with van der Waals surface area (Å²) in [6.07, 6.45) is 2.15. The van der Waals surface area contributed by atoms with Crippen LogP contribution in [0.1, 0.15) is 22.3 Å². The predicted octanol–water partition coefficient (Wildman–Crippen LogP) is 2.98. The van der Waals surface area contributed by atoms with E-state index in [9.17, 15) is 13.2 Å². The minimum absolute atomic E-state index is 0.0545. The smallest absolute Gasteiger partial charge is 0.229 e. The molecule has 6 heteroatoms. The van der Waals surface area contributed by atoms with Gasteiger partial charge in [-0.1, -0.05) is 18.2 Å². The number of hydrogen-bond acceptors (Lipinski definition) is 4. The highest BCUT2D eigenvalue weighted by molar-refractivity contribution is 7.92. The Bertz CT molecular complexity index is 829. The minimum atomic E-state index is -3.44. The first-order chi connectivity index (χ1) is 10.4. The summed E-state index contributed by atoms with van der Waals surface area (Å²) in [5.41, 5.74) is 1.79. The number of sulfonamides is 1. The van der Waals surface area contributed by atoms with Crippen LogP contribution in [0.25, 0.3) is 0 Å². The number of carbonyl (C=O) groups excluding carboxylic acids is 1. The predicted molar refractivity (Wildman–Crippen MR) is 84.1 cm³/mol. The van der Waals surface area contributed by atoms with E-state index in [-0.39, 0.29) is 5.78 Å². The van der Waals surface area contributed by atoms with Gasteiger partial charge in [-0.25, -0.2) is 8.42 Å². The maximum Gasteiger partial charge on any atom is 0.229 e. The van der Waals surface area contributed by atoms with Gasteiger partial charge in [0.05, 0.1) is 11.9 Å². The van der Waals surface area contributed by atoms with Gasteiger partial charge in [0, 0.05) is 12.0 Å². The zero-order valence-corrected chi connectivity index (χ0v) is 12.8. The van der Waals surface area contributed by atoms with Crippen molar-refractivity contribution >= 4 is 21.5 Å². The van der Waals surface area contributed by atoms with Crippen molar-refractivity contribution < 1.29 is 17.9 Å². The summed E-state index contributed by atoms with van der Waals surface area (Å²) >= 11 is 0. The van der Waals surface area contributed by atoms with Crippen LogP contribution in [0.3, 0.4) is 0 Å². The zero-order chi connectivity index (χ0) is 15.7. The molecule has 0 atom stereocenters. The number of nitrogens with one attached hydrogen (secondary N) is 1. The van der Waals surface area contributed by atoms with E-state index in [1.807, 2.05) is 18.2 Å². The molecule has 0 aromatic heterocycles. The van der Waals surface area contributed by atoms with E-state index in [4.69, 9.17) is 4.74 Å². The molecule has 1 N–H and O–H groups in total. The molecule has 1 aliphatic rings. The van der Waals surface area contributed by atoms with Crippen molar-refractivity contribution in [1.82, 2.24) is 0 Å². The molecule has 3 rings (SSSR count). The van der Waals surface area contributed by atoms with Crippen molar-refractivity contribution in [3.05, 3.63) is 53.6 Å². The van der Waals surface area contributed by atoms with Crippen LogP contribution in [0.4, 0.5) is 5.69 Å². The Kier molecular flexibility index (Phi) is 3.62. The molecular weight excluding hydrogens is 302 g/mol. The second kappa shape index (κ2) is 5.46. The number of aryl methyl sites for hydroxylation is 1. The summed E-state index contributed by atoms with van der Waals surface area (Å²) in [4.78, 5) is 11.9. The highest BCUT2D eigenvalue weighted by Gasteiger charge is 2.23. The number of fused-ring (bicyclic) bond motifs is 1. The lowest BCUT2D eigenvalue weighted by Gasteiger charge is -2.14. The van der Waals surface area contributed by atoms with Crippen LogP contribution >= 0.6 is 0 Å². The van der Waals surface area contributed by atoms with E-state index < -0.39 is 10.0 Å². The number of para-hydroxylation sites is 1. The molecule has 0 saturated carbocycles. The summed E-state index contributed by atoms with van der Waals surface area (Å²) in [5, 5.41) is 0. The van der Waals surface area contributed by atoms with Crippen molar-refractivity contribution in [1.29, 1.82) is 0 Å². The van der Waals surface area contributed by atoms with Crippen molar-refractivity contribution in [2.45, 2.75) is 12.8 Å². The monoisotopic (exact) mass is 317 g/mol. The quantitative estimate of drug-likeness (QED) is 0.941. The highest BCUT2D eigenvalue weighted by atomic mass is 32.2. The van der Waals surface area contributed by atoms with E-state index >= 15 is 0 Å². The van der Waals surface area contributed by atoms with Gasteiger partial charge in [-0.05, 0) is 36.2 Å². The average molecular weight is 317 g/mol. The van der Waals surface area contributed by atoms with Gasteiger partial charge >= 0.3 is 0 Å². The standard InChI is InChI=1S/C16H15NO4S/c1-22(19,20)17-14-9-11-7-8-15(18)13(11)10-16(14)21-12-5-3-2-4-6-12/h2-6,9-10,17H,7-8H2,1H3. The van der Waals surface area contributed by atoms with Crippen molar-refractivity contribution in [3.63, 3.8) is 0 Å². The Hall–Kier alpha value is -2.34. The molecule has 1 aliphatic carbocycles. The molecule has 114 valence electrons. The summed E-state index contributed by atoms with van der Waals surface area (Å²) in [6, 6.07) is 12.3. The van der Waals surface area contributed by atoms with Gasteiger partial charge in [-0.15, -0.1) is 0 Å². The molecule has 0 fully saturated rings. The van der Waals surface area contributed by atoms with Crippen LogP contribution in [-0.2, 0) is 16.4 Å². The SMILES string of the molecule is CS(=O)(=O)Nc1cc2c(cc1Oc1ccccc1)C(=O)CC2. The normalized spacial score (nSPS) is 13.8. The van der Waals surface area contributed by atoms with Crippen molar-refractivity contribution in [3.8, 4) is 11.5 Å². The molecule has 0 heterocycles. The lowest BCUT2D eigenvalue weighted by Crippen LogP contribution is -2.11. The number of anilines is 1. The Labute approximate surface area is 129 Å². The molecular formula is C16H15NO4S. The molecule has 2 aromatic rings. The molecule has 0 amide bonds. The third-order valence-electron chi connectivity index (χ3n) is 3.39. The van der Waals surface area contributed by atoms with Gasteiger partial charge < -0.3 is 4.74 Å². The van der Waals surface area contributed by atoms with Crippen molar-refractivity contribution in [2.75, 3.05) is 11.0 Å². The fraction of sp³-hybridized carbons (Fsp3) is 0.188. The Morgan fingerprint density at radius 3 is 2.50 bits per heavy atom. The summed E-state index contributed by atoms with van der Waals surface area (Å²) in [5.74, 6) is 0.953. The summed E-state index contributed by atoms with van der Waals surface area (Å²) < 4.78 is 31.3. The minimum Gasteiger partial charge on any atom is -0.455 e. The van der Waals surface area contributed by atoms with Crippen molar-refractivity contribution in [2.24, 2.45) is 0 Å². The molecule has 0 spiro atoms. The maximum atomic E-state index is 11.9. The zero-order valence-electron chi connectivity index (χ0n) is 12.0. The molecule has 0 radical (unpaired) electrons. The molecule has 22 heavy (non-hydrogen) atoms. The first kappa shape index (κ1) is 14.6. The average Bonchev–Trinajstić information content (AvgIpc) is 2.80.